The van der Waals surface area contributed by atoms with Crippen molar-refractivity contribution < 1.29 is 9.21 Å². The van der Waals surface area contributed by atoms with E-state index in [2.05, 4.69) is 47.4 Å². The van der Waals surface area contributed by atoms with Crippen LogP contribution >= 0.6 is 31.9 Å². The molecule has 0 aliphatic carbocycles. The summed E-state index contributed by atoms with van der Waals surface area (Å²) in [6.07, 6.45) is 1.41. The third kappa shape index (κ3) is 3.26. The predicted molar refractivity (Wildman–Crippen MR) is 90.9 cm³/mol. The van der Waals surface area contributed by atoms with E-state index in [-0.39, 0.29) is 5.91 Å². The number of nitrogens with one attached hydrogen (secondary N) is 1. The number of aromatic nitrogens is 1. The number of pyridine rings is 1. The summed E-state index contributed by atoms with van der Waals surface area (Å²) in [6.45, 7) is 0. The molecule has 2 heterocycles. The zero-order valence-electron chi connectivity index (χ0n) is 11.1. The molecule has 3 aromatic rings. The van der Waals surface area contributed by atoms with Crippen LogP contribution in [0, 0.1) is 0 Å². The third-order valence-corrected chi connectivity index (χ3v) is 4.56. The number of furan rings is 1. The number of fused-ring (bicyclic) bond motifs is 1. The first-order valence-electron chi connectivity index (χ1n) is 6.27. The molecule has 1 N–H and O–H groups in total. The predicted octanol–water partition coefficient (Wildman–Crippen LogP) is 4.12. The molecular weight excluding hydrogens is 414 g/mol. The zero-order valence-corrected chi connectivity index (χ0v) is 14.3. The molecule has 0 saturated carbocycles. The van der Waals surface area contributed by atoms with Crippen molar-refractivity contribution in [1.29, 1.82) is 0 Å². The molecule has 0 fully saturated rings. The molecule has 2 aromatic heterocycles. The van der Waals surface area contributed by atoms with Gasteiger partial charge in [-0.25, -0.2) is 10.4 Å². The molecule has 0 unspecified atom stereocenters. The van der Waals surface area contributed by atoms with E-state index in [9.17, 15) is 4.79 Å². The fourth-order valence-corrected chi connectivity index (χ4v) is 2.44. The van der Waals surface area contributed by atoms with E-state index in [4.69, 9.17) is 4.42 Å². The van der Waals surface area contributed by atoms with Crippen molar-refractivity contribution in [3.05, 3.63) is 63.1 Å². The standard InChI is InChI=1S/C15H9Br2N3O2/c16-11-7-10(22-14(11)17)8-18-20-15(21)13-6-5-9-3-1-2-4-12(9)19-13/h1-8H,(H,20,21)/b18-8+. The molecule has 110 valence electrons. The van der Waals surface area contributed by atoms with E-state index in [1.54, 1.807) is 12.1 Å². The third-order valence-electron chi connectivity index (χ3n) is 2.85. The van der Waals surface area contributed by atoms with Crippen molar-refractivity contribution >= 4 is 54.9 Å². The molecule has 3 rings (SSSR count). The van der Waals surface area contributed by atoms with Crippen molar-refractivity contribution in [2.75, 3.05) is 0 Å². The van der Waals surface area contributed by atoms with Gasteiger partial charge in [-0.3, -0.25) is 4.79 Å². The number of amides is 1. The summed E-state index contributed by atoms with van der Waals surface area (Å²) in [6, 6.07) is 12.8. The molecule has 0 aliphatic rings. The van der Waals surface area contributed by atoms with Gasteiger partial charge in [0.25, 0.3) is 5.91 Å². The van der Waals surface area contributed by atoms with E-state index in [0.717, 1.165) is 15.4 Å². The maximum Gasteiger partial charge on any atom is 0.289 e. The number of halogens is 2. The molecule has 22 heavy (non-hydrogen) atoms. The fraction of sp³-hybridized carbons (Fsp3) is 0. The molecule has 0 bridgehead atoms. The Hall–Kier alpha value is -1.99. The second-order valence-corrected chi connectivity index (χ2v) is 5.93. The van der Waals surface area contributed by atoms with Crippen LogP contribution in [-0.2, 0) is 0 Å². The van der Waals surface area contributed by atoms with Gasteiger partial charge >= 0.3 is 0 Å². The first-order valence-corrected chi connectivity index (χ1v) is 7.86. The molecule has 0 radical (unpaired) electrons. The first-order chi connectivity index (χ1) is 10.6. The average molecular weight is 423 g/mol. The van der Waals surface area contributed by atoms with Crippen LogP contribution in [0.4, 0.5) is 0 Å². The molecular formula is C15H9Br2N3O2. The van der Waals surface area contributed by atoms with Gasteiger partial charge in [0.15, 0.2) is 4.67 Å². The van der Waals surface area contributed by atoms with Crippen LogP contribution in [0.15, 0.2) is 61.1 Å². The summed E-state index contributed by atoms with van der Waals surface area (Å²) in [5.41, 5.74) is 3.48. The molecule has 5 nitrogen and oxygen atoms in total. The molecule has 7 heteroatoms. The van der Waals surface area contributed by atoms with Gasteiger partial charge in [0, 0.05) is 11.5 Å². The number of para-hydroxylation sites is 1. The molecule has 0 spiro atoms. The Balaban J connectivity index is 1.72. The highest BCUT2D eigenvalue weighted by atomic mass is 79.9. The van der Waals surface area contributed by atoms with Gasteiger partial charge in [0.05, 0.1) is 16.2 Å². The molecule has 0 saturated heterocycles. The number of carbonyl (C=O) groups is 1. The van der Waals surface area contributed by atoms with Gasteiger partial charge in [-0.05, 0) is 44.0 Å². The summed E-state index contributed by atoms with van der Waals surface area (Å²) in [5.74, 6) is 0.122. The molecule has 1 amide bonds. The Morgan fingerprint density at radius 1 is 1.23 bits per heavy atom. The highest BCUT2D eigenvalue weighted by Crippen LogP contribution is 2.25. The van der Waals surface area contributed by atoms with Crippen molar-refractivity contribution in [2.45, 2.75) is 0 Å². The Morgan fingerprint density at radius 2 is 2.05 bits per heavy atom. The Kier molecular flexibility index (Phi) is 4.35. The average Bonchev–Trinajstić information content (AvgIpc) is 2.85. The maximum atomic E-state index is 12.0. The Labute approximate surface area is 142 Å². The summed E-state index contributed by atoms with van der Waals surface area (Å²) in [5, 5.41) is 4.83. The minimum atomic E-state index is -0.383. The highest BCUT2D eigenvalue weighted by Gasteiger charge is 2.07. The topological polar surface area (TPSA) is 67.5 Å². The number of carbonyl (C=O) groups excluding carboxylic acids is 1. The molecule has 0 aliphatic heterocycles. The van der Waals surface area contributed by atoms with Crippen LogP contribution in [0.2, 0.25) is 0 Å². The number of nitrogens with zero attached hydrogens (tertiary/aromatic N) is 2. The largest absolute Gasteiger partial charge is 0.447 e. The number of hydrazone groups is 1. The van der Waals surface area contributed by atoms with E-state index < -0.39 is 0 Å². The minimum absolute atomic E-state index is 0.303. The van der Waals surface area contributed by atoms with Crippen molar-refractivity contribution in [2.24, 2.45) is 5.10 Å². The van der Waals surface area contributed by atoms with Crippen LogP contribution < -0.4 is 5.43 Å². The lowest BCUT2D eigenvalue weighted by atomic mass is 10.2. The number of rotatable bonds is 3. The second kappa shape index (κ2) is 6.41. The van der Waals surface area contributed by atoms with E-state index >= 15 is 0 Å². The van der Waals surface area contributed by atoms with Crippen LogP contribution in [0.3, 0.4) is 0 Å². The van der Waals surface area contributed by atoms with Crippen LogP contribution in [0.1, 0.15) is 16.2 Å². The summed E-state index contributed by atoms with van der Waals surface area (Å²) in [7, 11) is 0. The van der Waals surface area contributed by atoms with E-state index in [0.29, 0.717) is 16.1 Å². The number of hydrogen-bond acceptors (Lipinski definition) is 4. The number of benzene rings is 1. The maximum absolute atomic E-state index is 12.0. The number of hydrogen-bond donors (Lipinski definition) is 1. The van der Waals surface area contributed by atoms with Gasteiger partial charge in [0.1, 0.15) is 11.5 Å². The molecule has 0 atom stereocenters. The van der Waals surface area contributed by atoms with Crippen LogP contribution in [0.25, 0.3) is 10.9 Å². The first kappa shape index (κ1) is 14.9. The van der Waals surface area contributed by atoms with Gasteiger partial charge in [-0.15, -0.1) is 0 Å². The van der Waals surface area contributed by atoms with Gasteiger partial charge in [-0.1, -0.05) is 24.3 Å². The Bertz CT molecular complexity index is 855. The summed E-state index contributed by atoms with van der Waals surface area (Å²) < 4.78 is 6.65. The fourth-order valence-electron chi connectivity index (χ4n) is 1.83. The van der Waals surface area contributed by atoms with Gasteiger partial charge in [0.2, 0.25) is 0 Å². The lowest BCUT2D eigenvalue weighted by molar-refractivity contribution is 0.0950. The smallest absolute Gasteiger partial charge is 0.289 e. The lowest BCUT2D eigenvalue weighted by Crippen LogP contribution is -2.18. The zero-order chi connectivity index (χ0) is 15.5. The van der Waals surface area contributed by atoms with Crippen molar-refractivity contribution in [3.8, 4) is 0 Å². The monoisotopic (exact) mass is 421 g/mol. The van der Waals surface area contributed by atoms with E-state index in [1.165, 1.54) is 6.21 Å². The summed E-state index contributed by atoms with van der Waals surface area (Å²) >= 11 is 6.52. The van der Waals surface area contributed by atoms with Gasteiger partial charge < -0.3 is 4.42 Å². The van der Waals surface area contributed by atoms with Crippen LogP contribution in [0.5, 0.6) is 0 Å². The van der Waals surface area contributed by atoms with Crippen molar-refractivity contribution in [3.63, 3.8) is 0 Å². The normalized spacial score (nSPS) is 11.2. The Morgan fingerprint density at radius 3 is 2.82 bits per heavy atom. The summed E-state index contributed by atoms with van der Waals surface area (Å²) in [4.78, 5) is 16.3. The second-order valence-electron chi connectivity index (χ2n) is 4.36. The SMILES string of the molecule is O=C(N/N=C/c1cc(Br)c(Br)o1)c1ccc2ccccc2n1. The highest BCUT2D eigenvalue weighted by molar-refractivity contribution is 9.13. The van der Waals surface area contributed by atoms with Crippen LogP contribution in [-0.4, -0.2) is 17.1 Å². The quantitative estimate of drug-likeness (QED) is 0.510. The molecule has 1 aromatic carbocycles. The van der Waals surface area contributed by atoms with Crippen molar-refractivity contribution in [1.82, 2.24) is 10.4 Å². The minimum Gasteiger partial charge on any atom is -0.447 e. The van der Waals surface area contributed by atoms with E-state index in [1.807, 2.05) is 30.3 Å². The lowest BCUT2D eigenvalue weighted by Gasteiger charge is -2.01. The van der Waals surface area contributed by atoms with Gasteiger partial charge in [-0.2, -0.15) is 5.10 Å².